The summed E-state index contributed by atoms with van der Waals surface area (Å²) in [5.41, 5.74) is 3.81. The number of carboxylic acids is 1. The maximum absolute atomic E-state index is 10.6. The van der Waals surface area contributed by atoms with Crippen LogP contribution in [0.25, 0.3) is 21.3 Å². The number of alkyl halides is 3. The molecule has 1 aliphatic rings. The van der Waals surface area contributed by atoms with Gasteiger partial charge in [0.25, 0.3) is 0 Å². The normalized spacial score (nSPS) is 14.4. The number of hydrogen-bond donors (Lipinski definition) is 1. The van der Waals surface area contributed by atoms with Gasteiger partial charge in [0.2, 0.25) is 0 Å². The summed E-state index contributed by atoms with van der Waals surface area (Å²) in [5, 5.41) is 10.6. The highest BCUT2D eigenvalue weighted by molar-refractivity contribution is 7.17. The average molecular weight is 423 g/mol. The zero-order valence-corrected chi connectivity index (χ0v) is 16.6. The number of carbonyl (C=O) groups is 1. The van der Waals surface area contributed by atoms with E-state index in [-0.39, 0.29) is 0 Å². The van der Waals surface area contributed by atoms with Crippen molar-refractivity contribution in [1.82, 2.24) is 9.97 Å². The van der Waals surface area contributed by atoms with Crippen LogP contribution in [0.5, 0.6) is 0 Å². The number of anilines is 1. The molecule has 1 aromatic carbocycles. The average Bonchev–Trinajstić information content (AvgIpc) is 3.13. The van der Waals surface area contributed by atoms with Gasteiger partial charge in [0.05, 0.1) is 5.39 Å². The van der Waals surface area contributed by atoms with Crippen LogP contribution >= 0.6 is 11.3 Å². The van der Waals surface area contributed by atoms with Crippen molar-refractivity contribution in [3.8, 4) is 11.1 Å². The topological polar surface area (TPSA) is 66.3 Å². The molecule has 0 aliphatic carbocycles. The molecule has 5 nitrogen and oxygen atoms in total. The first-order chi connectivity index (χ1) is 13.8. The Balaban J connectivity index is 0.000000298. The van der Waals surface area contributed by atoms with Gasteiger partial charge >= 0.3 is 12.1 Å². The van der Waals surface area contributed by atoms with E-state index in [4.69, 9.17) is 9.90 Å². The summed E-state index contributed by atoms with van der Waals surface area (Å²) >= 11 is 1.71. The lowest BCUT2D eigenvalue weighted by molar-refractivity contribution is -0.192. The number of aryl methyl sites for hydroxylation is 1. The van der Waals surface area contributed by atoms with Gasteiger partial charge in [-0.15, -0.1) is 11.3 Å². The summed E-state index contributed by atoms with van der Waals surface area (Å²) in [5.74, 6) is -1.64. The van der Waals surface area contributed by atoms with Gasteiger partial charge in [0, 0.05) is 24.0 Å². The summed E-state index contributed by atoms with van der Waals surface area (Å²) in [6.45, 7) is 4.34. The fraction of sp³-hybridized carbons (Fsp3) is 0.350. The molecule has 1 N–H and O–H groups in total. The second kappa shape index (κ2) is 8.77. The lowest BCUT2D eigenvalue weighted by Gasteiger charge is -2.28. The molecule has 154 valence electrons. The Morgan fingerprint density at radius 3 is 2.31 bits per heavy atom. The molecule has 1 fully saturated rings. The standard InChI is InChI=1S/C18H19N3S.C2HF3O2/c1-13-5-7-14(8-6-13)15-11-22-18-16(15)17(19-12-20-18)21-9-3-2-4-10-21;3-2(4,5)1(6)7/h5-8,11-12H,2-4,9-10H2,1H3;(H,6,7). The van der Waals surface area contributed by atoms with E-state index in [1.807, 2.05) is 0 Å². The third-order valence-corrected chi connectivity index (χ3v) is 5.50. The predicted molar refractivity (Wildman–Crippen MR) is 107 cm³/mol. The van der Waals surface area contributed by atoms with E-state index in [0.717, 1.165) is 23.7 Å². The molecule has 3 aromatic rings. The van der Waals surface area contributed by atoms with E-state index in [9.17, 15) is 13.2 Å². The first-order valence-electron chi connectivity index (χ1n) is 9.11. The molecule has 3 heterocycles. The Hall–Kier alpha value is -2.68. The van der Waals surface area contributed by atoms with Gasteiger partial charge in [-0.05, 0) is 31.7 Å². The Morgan fingerprint density at radius 1 is 1.10 bits per heavy atom. The minimum atomic E-state index is -5.08. The molecule has 0 radical (unpaired) electrons. The largest absolute Gasteiger partial charge is 0.490 e. The summed E-state index contributed by atoms with van der Waals surface area (Å²) in [7, 11) is 0. The van der Waals surface area contributed by atoms with Crippen LogP contribution in [-0.4, -0.2) is 40.3 Å². The second-order valence-corrected chi connectivity index (χ2v) is 7.60. The van der Waals surface area contributed by atoms with Gasteiger partial charge in [-0.25, -0.2) is 14.8 Å². The highest BCUT2D eigenvalue weighted by Crippen LogP contribution is 2.38. The Bertz CT molecular complexity index is 981. The molecule has 9 heteroatoms. The van der Waals surface area contributed by atoms with Crippen molar-refractivity contribution >= 4 is 33.3 Å². The Labute approximate surface area is 169 Å². The number of halogens is 3. The monoisotopic (exact) mass is 423 g/mol. The molecule has 1 aliphatic heterocycles. The van der Waals surface area contributed by atoms with Crippen LogP contribution in [0.15, 0.2) is 36.0 Å². The molecule has 1 saturated heterocycles. The number of benzene rings is 1. The summed E-state index contributed by atoms with van der Waals surface area (Å²) in [6.07, 6.45) is 0.478. The van der Waals surface area contributed by atoms with E-state index in [2.05, 4.69) is 51.4 Å². The van der Waals surface area contributed by atoms with Gasteiger partial charge in [0.1, 0.15) is 17.0 Å². The lowest BCUT2D eigenvalue weighted by Crippen LogP contribution is -2.30. The van der Waals surface area contributed by atoms with Crippen molar-refractivity contribution < 1.29 is 23.1 Å². The lowest BCUT2D eigenvalue weighted by atomic mass is 10.0. The SMILES string of the molecule is Cc1ccc(-c2csc3ncnc(N4CCCCC4)c23)cc1.O=C(O)C(F)(F)F. The first kappa shape index (κ1) is 21.0. The number of thiophene rings is 1. The van der Waals surface area contributed by atoms with Gasteiger partial charge in [-0.2, -0.15) is 13.2 Å². The first-order valence-corrected chi connectivity index (χ1v) is 9.99. The fourth-order valence-electron chi connectivity index (χ4n) is 3.15. The van der Waals surface area contributed by atoms with Crippen LogP contribution in [0.4, 0.5) is 19.0 Å². The molecule has 4 rings (SSSR count). The minimum Gasteiger partial charge on any atom is -0.475 e. The molecule has 29 heavy (non-hydrogen) atoms. The van der Waals surface area contributed by atoms with Crippen molar-refractivity contribution in [2.24, 2.45) is 0 Å². The highest BCUT2D eigenvalue weighted by atomic mass is 32.1. The molecule has 0 atom stereocenters. The molecular formula is C20H20F3N3O2S. The fourth-order valence-corrected chi connectivity index (χ4v) is 4.06. The number of rotatable bonds is 2. The summed E-state index contributed by atoms with van der Waals surface area (Å²) < 4.78 is 31.7. The van der Waals surface area contributed by atoms with E-state index in [0.29, 0.717) is 0 Å². The summed E-state index contributed by atoms with van der Waals surface area (Å²) in [6, 6.07) is 8.74. The zero-order valence-electron chi connectivity index (χ0n) is 15.7. The van der Waals surface area contributed by atoms with Crippen molar-refractivity contribution in [1.29, 1.82) is 0 Å². The Morgan fingerprint density at radius 2 is 1.72 bits per heavy atom. The maximum atomic E-state index is 10.6. The smallest absolute Gasteiger partial charge is 0.475 e. The van der Waals surface area contributed by atoms with Crippen LogP contribution in [0, 0.1) is 6.92 Å². The molecule has 0 saturated carbocycles. The Kier molecular flexibility index (Phi) is 6.36. The van der Waals surface area contributed by atoms with E-state index in [1.54, 1.807) is 17.7 Å². The number of piperidine rings is 1. The van der Waals surface area contributed by atoms with E-state index in [1.165, 1.54) is 41.3 Å². The van der Waals surface area contributed by atoms with Gasteiger partial charge < -0.3 is 10.0 Å². The minimum absolute atomic E-state index is 1.09. The molecule has 2 aromatic heterocycles. The second-order valence-electron chi connectivity index (χ2n) is 6.74. The van der Waals surface area contributed by atoms with Crippen LogP contribution in [0.2, 0.25) is 0 Å². The van der Waals surface area contributed by atoms with Crippen LogP contribution in [0.1, 0.15) is 24.8 Å². The molecule has 0 bridgehead atoms. The van der Waals surface area contributed by atoms with Crippen LogP contribution < -0.4 is 4.90 Å². The maximum Gasteiger partial charge on any atom is 0.490 e. The number of nitrogens with zero attached hydrogens (tertiary/aromatic N) is 3. The van der Waals surface area contributed by atoms with Gasteiger partial charge in [0.15, 0.2) is 0 Å². The van der Waals surface area contributed by atoms with Gasteiger partial charge in [-0.3, -0.25) is 0 Å². The highest BCUT2D eigenvalue weighted by Gasteiger charge is 2.38. The van der Waals surface area contributed by atoms with Crippen molar-refractivity contribution in [3.05, 3.63) is 41.5 Å². The summed E-state index contributed by atoms with van der Waals surface area (Å²) in [4.78, 5) is 21.5. The zero-order chi connectivity index (χ0) is 21.0. The number of aromatic nitrogens is 2. The van der Waals surface area contributed by atoms with Crippen molar-refractivity contribution in [2.75, 3.05) is 18.0 Å². The third kappa shape index (κ3) is 5.03. The number of hydrogen-bond acceptors (Lipinski definition) is 5. The molecule has 0 amide bonds. The van der Waals surface area contributed by atoms with Gasteiger partial charge in [-0.1, -0.05) is 29.8 Å². The van der Waals surface area contributed by atoms with Crippen molar-refractivity contribution in [2.45, 2.75) is 32.4 Å². The van der Waals surface area contributed by atoms with Crippen LogP contribution in [0.3, 0.4) is 0 Å². The molecule has 0 unspecified atom stereocenters. The number of aliphatic carboxylic acids is 1. The van der Waals surface area contributed by atoms with E-state index < -0.39 is 12.1 Å². The molecular weight excluding hydrogens is 403 g/mol. The number of carboxylic acid groups (broad SMARTS) is 1. The molecule has 0 spiro atoms. The predicted octanol–water partition coefficient (Wildman–Crippen LogP) is 5.29. The number of fused-ring (bicyclic) bond motifs is 1. The van der Waals surface area contributed by atoms with Crippen molar-refractivity contribution in [3.63, 3.8) is 0 Å². The third-order valence-electron chi connectivity index (χ3n) is 4.61. The van der Waals surface area contributed by atoms with Crippen LogP contribution in [-0.2, 0) is 4.79 Å². The van der Waals surface area contributed by atoms with E-state index >= 15 is 0 Å². The quantitative estimate of drug-likeness (QED) is 0.607.